The van der Waals surface area contributed by atoms with Crippen LogP contribution in [-0.2, 0) is 14.4 Å². The highest BCUT2D eigenvalue weighted by Crippen LogP contribution is 2.37. The van der Waals surface area contributed by atoms with Crippen LogP contribution in [0.3, 0.4) is 0 Å². The van der Waals surface area contributed by atoms with Crippen LogP contribution in [0.25, 0.3) is 6.08 Å². The Labute approximate surface area is 244 Å². The first-order valence-corrected chi connectivity index (χ1v) is 12.9. The predicted molar refractivity (Wildman–Crippen MR) is 154 cm³/mol. The number of nitrogens with one attached hydrogen (secondary N) is 2. The number of urea groups is 1. The van der Waals surface area contributed by atoms with Crippen molar-refractivity contribution in [3.05, 3.63) is 85.9 Å². The summed E-state index contributed by atoms with van der Waals surface area (Å²) in [5.41, 5.74) is 2.63. The molecule has 1 heterocycles. The number of aryl methyl sites for hydroxylation is 2. The van der Waals surface area contributed by atoms with Gasteiger partial charge in [0.05, 0.1) is 27.9 Å². The number of benzene rings is 3. The summed E-state index contributed by atoms with van der Waals surface area (Å²) < 4.78 is 11.0. The van der Waals surface area contributed by atoms with E-state index in [2.05, 4.69) is 10.6 Å². The molecule has 5 amide bonds. The number of imide groups is 2. The number of hydrogen-bond donors (Lipinski definition) is 2. The fraction of sp³-hybridized carbons (Fsp3) is 0.143. The quantitative estimate of drug-likeness (QED) is 0.255. The maximum Gasteiger partial charge on any atom is 0.335 e. The van der Waals surface area contributed by atoms with E-state index < -0.39 is 23.8 Å². The second-order valence-electron chi connectivity index (χ2n) is 8.75. The molecule has 12 heteroatoms. The second-order valence-corrected chi connectivity index (χ2v) is 9.97. The Morgan fingerprint density at radius 1 is 0.975 bits per heavy atom. The van der Waals surface area contributed by atoms with Crippen molar-refractivity contribution in [2.45, 2.75) is 13.8 Å². The molecular weight excluding hydrogens is 581 g/mol. The van der Waals surface area contributed by atoms with Gasteiger partial charge in [-0.05, 0) is 73.0 Å². The summed E-state index contributed by atoms with van der Waals surface area (Å²) in [6.07, 6.45) is 1.25. The number of rotatable bonds is 7. The molecule has 3 aromatic carbocycles. The van der Waals surface area contributed by atoms with E-state index in [1.54, 1.807) is 0 Å². The lowest BCUT2D eigenvalue weighted by Crippen LogP contribution is -2.54. The van der Waals surface area contributed by atoms with Crippen molar-refractivity contribution in [1.82, 2.24) is 5.32 Å². The average molecular weight is 603 g/mol. The molecule has 3 aromatic rings. The maximum atomic E-state index is 13.2. The van der Waals surface area contributed by atoms with Gasteiger partial charge in [0.1, 0.15) is 5.57 Å². The number of hydrogen-bond acceptors (Lipinski definition) is 6. The Morgan fingerprint density at radius 3 is 2.42 bits per heavy atom. The highest BCUT2D eigenvalue weighted by Gasteiger charge is 2.37. The van der Waals surface area contributed by atoms with Crippen LogP contribution in [-0.4, -0.2) is 37.5 Å². The molecule has 2 N–H and O–H groups in total. The van der Waals surface area contributed by atoms with Crippen LogP contribution >= 0.6 is 34.8 Å². The molecule has 1 aliphatic rings. The molecule has 40 heavy (non-hydrogen) atoms. The zero-order chi connectivity index (χ0) is 29.1. The van der Waals surface area contributed by atoms with Gasteiger partial charge in [-0.15, -0.1) is 0 Å². The molecular formula is C28H22Cl3N3O6. The summed E-state index contributed by atoms with van der Waals surface area (Å²) in [7, 11) is 1.37. The monoisotopic (exact) mass is 601 g/mol. The Bertz CT molecular complexity index is 1590. The van der Waals surface area contributed by atoms with Gasteiger partial charge in [-0.3, -0.25) is 19.7 Å². The molecule has 0 bridgehead atoms. The largest absolute Gasteiger partial charge is 0.493 e. The average Bonchev–Trinajstić information content (AvgIpc) is 2.89. The van der Waals surface area contributed by atoms with Crippen molar-refractivity contribution < 1.29 is 28.7 Å². The summed E-state index contributed by atoms with van der Waals surface area (Å²) in [5, 5.41) is 5.34. The van der Waals surface area contributed by atoms with Gasteiger partial charge in [-0.2, -0.15) is 0 Å². The number of amides is 5. The fourth-order valence-corrected chi connectivity index (χ4v) is 4.41. The smallest absolute Gasteiger partial charge is 0.335 e. The minimum absolute atomic E-state index is 0.0619. The molecule has 0 aliphatic carbocycles. The number of methoxy groups -OCH3 is 1. The van der Waals surface area contributed by atoms with E-state index in [0.29, 0.717) is 11.3 Å². The van der Waals surface area contributed by atoms with E-state index in [1.807, 2.05) is 32.0 Å². The zero-order valence-electron chi connectivity index (χ0n) is 21.4. The molecule has 9 nitrogen and oxygen atoms in total. The third kappa shape index (κ3) is 6.22. The molecule has 0 unspecified atom stereocenters. The van der Waals surface area contributed by atoms with Crippen molar-refractivity contribution in [3.63, 3.8) is 0 Å². The molecule has 0 aromatic heterocycles. The lowest BCUT2D eigenvalue weighted by Gasteiger charge is -2.26. The minimum Gasteiger partial charge on any atom is -0.493 e. The minimum atomic E-state index is -0.941. The van der Waals surface area contributed by atoms with Crippen LogP contribution in [0.4, 0.5) is 16.2 Å². The maximum absolute atomic E-state index is 13.2. The molecule has 1 saturated heterocycles. The van der Waals surface area contributed by atoms with Crippen molar-refractivity contribution in [1.29, 1.82) is 0 Å². The van der Waals surface area contributed by atoms with E-state index >= 15 is 0 Å². The molecule has 0 radical (unpaired) electrons. The first-order chi connectivity index (χ1) is 19.0. The summed E-state index contributed by atoms with van der Waals surface area (Å²) in [6, 6.07) is 11.8. The lowest BCUT2D eigenvalue weighted by atomic mass is 10.1. The van der Waals surface area contributed by atoms with Crippen molar-refractivity contribution >= 4 is 76.0 Å². The summed E-state index contributed by atoms with van der Waals surface area (Å²) in [6.45, 7) is 3.44. The first-order valence-electron chi connectivity index (χ1n) is 11.7. The standard InChI is InChI=1S/C28H22Cl3N3O6/c1-14-4-5-15(2)22(8-14)32-24(35)13-40-25-21(31)10-16(11-23(25)39-3)9-18-26(36)33-28(38)34(27(18)37)17-6-7-19(29)20(30)12-17/h4-12H,13H2,1-3H3,(H,32,35)(H,33,36,38)/b18-9-. The van der Waals surface area contributed by atoms with Crippen LogP contribution < -0.4 is 25.0 Å². The van der Waals surface area contributed by atoms with Crippen molar-refractivity contribution in [2.24, 2.45) is 0 Å². The van der Waals surface area contributed by atoms with Crippen LogP contribution in [0.15, 0.2) is 54.1 Å². The second kappa shape index (κ2) is 12.0. The van der Waals surface area contributed by atoms with Gasteiger partial charge >= 0.3 is 6.03 Å². The van der Waals surface area contributed by atoms with Gasteiger partial charge in [0, 0.05) is 5.69 Å². The number of nitrogens with zero attached hydrogens (tertiary/aromatic N) is 1. The van der Waals surface area contributed by atoms with Gasteiger partial charge < -0.3 is 14.8 Å². The van der Waals surface area contributed by atoms with Gasteiger partial charge in [0.25, 0.3) is 17.7 Å². The summed E-state index contributed by atoms with van der Waals surface area (Å²) in [5.74, 6) is -1.94. The normalized spacial score (nSPS) is 14.3. The Morgan fingerprint density at radius 2 is 1.73 bits per heavy atom. The van der Waals surface area contributed by atoms with Gasteiger partial charge in [0.15, 0.2) is 18.1 Å². The number of barbiturate groups is 1. The lowest BCUT2D eigenvalue weighted by molar-refractivity contribution is -0.122. The number of anilines is 2. The summed E-state index contributed by atoms with van der Waals surface area (Å²) in [4.78, 5) is 51.5. The third-order valence-electron chi connectivity index (χ3n) is 5.84. The molecule has 0 atom stereocenters. The molecule has 1 aliphatic heterocycles. The molecule has 1 fully saturated rings. The van der Waals surface area contributed by atoms with E-state index in [-0.39, 0.29) is 44.4 Å². The van der Waals surface area contributed by atoms with E-state index in [9.17, 15) is 19.2 Å². The third-order valence-corrected chi connectivity index (χ3v) is 6.86. The van der Waals surface area contributed by atoms with Gasteiger partial charge in [-0.25, -0.2) is 9.69 Å². The molecule has 0 saturated carbocycles. The predicted octanol–water partition coefficient (Wildman–Crippen LogP) is 5.96. The molecule has 206 valence electrons. The van der Waals surface area contributed by atoms with E-state index in [0.717, 1.165) is 16.0 Å². The van der Waals surface area contributed by atoms with Crippen LogP contribution in [0.2, 0.25) is 15.1 Å². The topological polar surface area (TPSA) is 114 Å². The van der Waals surface area contributed by atoms with Crippen LogP contribution in [0.1, 0.15) is 16.7 Å². The Hall–Kier alpha value is -4.05. The van der Waals surface area contributed by atoms with E-state index in [4.69, 9.17) is 44.3 Å². The highest BCUT2D eigenvalue weighted by atomic mass is 35.5. The Balaban J connectivity index is 1.57. The summed E-state index contributed by atoms with van der Waals surface area (Å²) >= 11 is 18.4. The fourth-order valence-electron chi connectivity index (χ4n) is 3.84. The van der Waals surface area contributed by atoms with E-state index in [1.165, 1.54) is 43.5 Å². The Kier molecular flexibility index (Phi) is 8.68. The molecule has 0 spiro atoms. The first kappa shape index (κ1) is 28.9. The van der Waals surface area contributed by atoms with Gasteiger partial charge in [0.2, 0.25) is 0 Å². The molecule has 4 rings (SSSR count). The van der Waals surface area contributed by atoms with Crippen LogP contribution in [0.5, 0.6) is 11.5 Å². The number of carbonyl (C=O) groups is 4. The van der Waals surface area contributed by atoms with Crippen LogP contribution in [0, 0.1) is 13.8 Å². The SMILES string of the molecule is COc1cc(/C=C2/C(=O)NC(=O)N(c3ccc(Cl)c(Cl)c3)C2=O)cc(Cl)c1OCC(=O)Nc1cc(C)ccc1C. The zero-order valence-corrected chi connectivity index (χ0v) is 23.7. The number of ether oxygens (including phenoxy) is 2. The highest BCUT2D eigenvalue weighted by molar-refractivity contribution is 6.43. The number of carbonyl (C=O) groups excluding carboxylic acids is 4. The van der Waals surface area contributed by atoms with Crippen molar-refractivity contribution in [2.75, 3.05) is 23.9 Å². The van der Waals surface area contributed by atoms with Crippen molar-refractivity contribution in [3.8, 4) is 11.5 Å². The number of halogens is 3. The van der Waals surface area contributed by atoms with Gasteiger partial charge in [-0.1, -0.05) is 46.9 Å².